The summed E-state index contributed by atoms with van der Waals surface area (Å²) >= 11 is 0. The molecular weight excluding hydrogens is 202 g/mol. The lowest BCUT2D eigenvalue weighted by Gasteiger charge is -2.21. The molecule has 4 heteroatoms. The molecule has 3 N–H and O–H groups in total. The first kappa shape index (κ1) is 12.6. The zero-order chi connectivity index (χ0) is 12.0. The molecule has 0 aliphatic heterocycles. The zero-order valence-corrected chi connectivity index (χ0v) is 10.3. The molecule has 4 nitrogen and oxygen atoms in total. The summed E-state index contributed by atoms with van der Waals surface area (Å²) in [4.78, 5) is 2.16. The molecule has 0 heterocycles. The molecule has 0 saturated carbocycles. The van der Waals surface area contributed by atoms with Crippen molar-refractivity contribution < 1.29 is 4.74 Å². The third-order valence-electron chi connectivity index (χ3n) is 2.57. The predicted octanol–water partition coefficient (Wildman–Crippen LogP) is 1.32. The average Bonchev–Trinajstić information content (AvgIpc) is 2.29. The quantitative estimate of drug-likeness (QED) is 0.564. The topological polar surface area (TPSA) is 50.5 Å². The molecule has 0 fully saturated rings. The van der Waals surface area contributed by atoms with Crippen LogP contribution in [0.5, 0.6) is 5.75 Å². The molecule has 0 aromatic heterocycles. The molecule has 1 rings (SSSR count). The summed E-state index contributed by atoms with van der Waals surface area (Å²) in [5.41, 5.74) is 7.77. The molecule has 0 atom stereocenters. The lowest BCUT2D eigenvalue weighted by atomic mass is 10.2. The number of nitrogens with one attached hydrogen (secondary N) is 1. The van der Waals surface area contributed by atoms with Crippen LogP contribution in [-0.4, -0.2) is 34.3 Å². The minimum absolute atomic E-state index is 0.756. The molecule has 1 aromatic rings. The summed E-state index contributed by atoms with van der Waals surface area (Å²) in [7, 11) is 5.65. The molecule has 0 unspecified atom stereocenters. The highest BCUT2D eigenvalue weighted by molar-refractivity contribution is 5.69. The maximum absolute atomic E-state index is 5.96. The van der Waals surface area contributed by atoms with E-state index in [1.54, 1.807) is 7.11 Å². The Balaban J connectivity index is 2.64. The Morgan fingerprint density at radius 2 is 2.19 bits per heavy atom. The van der Waals surface area contributed by atoms with Crippen molar-refractivity contribution in [2.45, 2.75) is 6.42 Å². The second-order valence-corrected chi connectivity index (χ2v) is 3.80. The van der Waals surface area contributed by atoms with Gasteiger partial charge in [-0.05, 0) is 32.1 Å². The lowest BCUT2D eigenvalue weighted by Crippen LogP contribution is -2.23. The van der Waals surface area contributed by atoms with Crippen molar-refractivity contribution in [2.24, 2.45) is 0 Å². The van der Waals surface area contributed by atoms with E-state index in [4.69, 9.17) is 10.5 Å². The molecule has 1 aromatic carbocycles. The first-order valence-electron chi connectivity index (χ1n) is 5.48. The van der Waals surface area contributed by atoms with Crippen LogP contribution in [0.15, 0.2) is 18.2 Å². The number of nitrogen functional groups attached to an aromatic ring is 1. The largest absolute Gasteiger partial charge is 0.497 e. The van der Waals surface area contributed by atoms with Crippen LogP contribution >= 0.6 is 0 Å². The van der Waals surface area contributed by atoms with Crippen molar-refractivity contribution in [2.75, 3.05) is 44.9 Å². The molecule has 0 spiro atoms. The molecule has 0 radical (unpaired) electrons. The molecular formula is C12H21N3O. The number of anilines is 2. The van der Waals surface area contributed by atoms with Crippen LogP contribution in [0.3, 0.4) is 0 Å². The highest BCUT2D eigenvalue weighted by atomic mass is 16.5. The third kappa shape index (κ3) is 3.31. The maximum Gasteiger partial charge on any atom is 0.121 e. The summed E-state index contributed by atoms with van der Waals surface area (Å²) in [6.07, 6.45) is 1.10. The van der Waals surface area contributed by atoms with Gasteiger partial charge in [0.25, 0.3) is 0 Å². The fourth-order valence-electron chi connectivity index (χ4n) is 1.62. The molecule has 16 heavy (non-hydrogen) atoms. The number of benzene rings is 1. The van der Waals surface area contributed by atoms with E-state index < -0.39 is 0 Å². The van der Waals surface area contributed by atoms with Crippen LogP contribution in [0.25, 0.3) is 0 Å². The summed E-state index contributed by atoms with van der Waals surface area (Å²) in [5, 5.41) is 3.13. The number of ether oxygens (including phenoxy) is 1. The van der Waals surface area contributed by atoms with E-state index in [1.807, 2.05) is 32.3 Å². The molecule has 90 valence electrons. The van der Waals surface area contributed by atoms with Gasteiger partial charge in [0.05, 0.1) is 18.5 Å². The Labute approximate surface area is 97.4 Å². The number of hydrogen-bond acceptors (Lipinski definition) is 4. The fraction of sp³-hybridized carbons (Fsp3) is 0.500. The van der Waals surface area contributed by atoms with Gasteiger partial charge in [-0.2, -0.15) is 0 Å². The van der Waals surface area contributed by atoms with Gasteiger partial charge < -0.3 is 20.7 Å². The second kappa shape index (κ2) is 6.23. The van der Waals surface area contributed by atoms with Crippen LogP contribution in [0.4, 0.5) is 11.4 Å². The Morgan fingerprint density at radius 3 is 2.75 bits per heavy atom. The predicted molar refractivity (Wildman–Crippen MR) is 69.2 cm³/mol. The molecule has 0 saturated heterocycles. The van der Waals surface area contributed by atoms with E-state index in [-0.39, 0.29) is 0 Å². The molecule has 0 aliphatic carbocycles. The average molecular weight is 223 g/mol. The van der Waals surface area contributed by atoms with Gasteiger partial charge in [-0.15, -0.1) is 0 Å². The smallest absolute Gasteiger partial charge is 0.121 e. The van der Waals surface area contributed by atoms with Crippen LogP contribution in [0.2, 0.25) is 0 Å². The van der Waals surface area contributed by atoms with Crippen LogP contribution in [-0.2, 0) is 0 Å². The van der Waals surface area contributed by atoms with Gasteiger partial charge in [0.2, 0.25) is 0 Å². The van der Waals surface area contributed by atoms with Crippen LogP contribution < -0.4 is 20.7 Å². The number of nitrogens with zero attached hydrogens (tertiary/aromatic N) is 1. The minimum Gasteiger partial charge on any atom is -0.497 e. The monoisotopic (exact) mass is 223 g/mol. The van der Waals surface area contributed by atoms with Crippen molar-refractivity contribution in [1.82, 2.24) is 5.32 Å². The normalized spacial score (nSPS) is 10.2. The van der Waals surface area contributed by atoms with E-state index in [9.17, 15) is 0 Å². The van der Waals surface area contributed by atoms with E-state index >= 15 is 0 Å². The molecule has 0 amide bonds. The zero-order valence-electron chi connectivity index (χ0n) is 10.3. The van der Waals surface area contributed by atoms with Gasteiger partial charge in [-0.25, -0.2) is 0 Å². The van der Waals surface area contributed by atoms with E-state index in [0.29, 0.717) is 0 Å². The van der Waals surface area contributed by atoms with Crippen LogP contribution in [0, 0.1) is 0 Å². The van der Waals surface area contributed by atoms with Gasteiger partial charge in [-0.1, -0.05) is 0 Å². The van der Waals surface area contributed by atoms with Gasteiger partial charge in [0.1, 0.15) is 5.75 Å². The van der Waals surface area contributed by atoms with Gasteiger partial charge in [-0.3, -0.25) is 0 Å². The Hall–Kier alpha value is -1.42. The first-order chi connectivity index (χ1) is 7.69. The standard InChI is InChI=1S/C12H21N3O/c1-14-7-4-8-15(2)12-6-5-10(16-3)9-11(12)13/h5-6,9,14H,4,7-8,13H2,1-3H3. The van der Waals surface area contributed by atoms with Crippen LogP contribution in [0.1, 0.15) is 6.42 Å². The number of methoxy groups -OCH3 is 1. The Bertz CT molecular complexity index is 328. The Kier molecular flexibility index (Phi) is 4.92. The summed E-state index contributed by atoms with van der Waals surface area (Å²) in [6.45, 7) is 2.00. The lowest BCUT2D eigenvalue weighted by molar-refractivity contribution is 0.415. The highest BCUT2D eigenvalue weighted by Gasteiger charge is 2.05. The van der Waals surface area contributed by atoms with Crippen molar-refractivity contribution in [3.63, 3.8) is 0 Å². The number of hydrogen-bond donors (Lipinski definition) is 2. The summed E-state index contributed by atoms with van der Waals surface area (Å²) < 4.78 is 5.12. The Morgan fingerprint density at radius 1 is 1.44 bits per heavy atom. The van der Waals surface area contributed by atoms with Gasteiger partial charge in [0, 0.05) is 19.7 Å². The van der Waals surface area contributed by atoms with Crippen molar-refractivity contribution in [1.29, 1.82) is 0 Å². The van der Waals surface area contributed by atoms with Crippen molar-refractivity contribution in [3.05, 3.63) is 18.2 Å². The van der Waals surface area contributed by atoms with Crippen molar-refractivity contribution >= 4 is 11.4 Å². The second-order valence-electron chi connectivity index (χ2n) is 3.80. The van der Waals surface area contributed by atoms with E-state index in [1.165, 1.54) is 0 Å². The summed E-state index contributed by atoms with van der Waals surface area (Å²) in [5.74, 6) is 0.796. The van der Waals surface area contributed by atoms with Crippen molar-refractivity contribution in [3.8, 4) is 5.75 Å². The van der Waals surface area contributed by atoms with E-state index in [0.717, 1.165) is 36.6 Å². The van der Waals surface area contributed by atoms with Gasteiger partial charge >= 0.3 is 0 Å². The minimum atomic E-state index is 0.756. The van der Waals surface area contributed by atoms with E-state index in [2.05, 4.69) is 10.2 Å². The molecule has 0 aliphatic rings. The maximum atomic E-state index is 5.96. The highest BCUT2D eigenvalue weighted by Crippen LogP contribution is 2.26. The first-order valence-corrected chi connectivity index (χ1v) is 5.48. The number of rotatable bonds is 6. The fourth-order valence-corrected chi connectivity index (χ4v) is 1.62. The SMILES string of the molecule is CNCCCN(C)c1ccc(OC)cc1N. The summed E-state index contributed by atoms with van der Waals surface area (Å²) in [6, 6.07) is 5.78. The third-order valence-corrected chi connectivity index (χ3v) is 2.57. The molecule has 0 bridgehead atoms. The van der Waals surface area contributed by atoms with Gasteiger partial charge in [0.15, 0.2) is 0 Å². The number of nitrogens with two attached hydrogens (primary N) is 1.